The second kappa shape index (κ2) is 14.0. The summed E-state index contributed by atoms with van der Waals surface area (Å²) in [7, 11) is 1.15. The zero-order valence-electron chi connectivity index (χ0n) is 33.9. The number of carboxylic acid groups (broad SMARTS) is 1. The molecule has 0 aromatic rings. The van der Waals surface area contributed by atoms with E-state index in [1.807, 2.05) is 0 Å². The lowest BCUT2D eigenvalue weighted by Crippen LogP contribution is -2.67. The molecule has 0 bridgehead atoms. The van der Waals surface area contributed by atoms with E-state index in [4.69, 9.17) is 23.7 Å². The molecule has 0 radical (unpaired) electrons. The lowest BCUT2D eigenvalue weighted by molar-refractivity contribution is -0.366. The molecule has 0 amide bonds. The van der Waals surface area contributed by atoms with Gasteiger partial charge in [-0.1, -0.05) is 60.1 Å². The molecule has 7 aliphatic rings. The zero-order valence-corrected chi connectivity index (χ0v) is 33.9. The number of ether oxygens (including phenoxy) is 5. The van der Waals surface area contributed by atoms with Crippen molar-refractivity contribution in [2.45, 2.75) is 174 Å². The van der Waals surface area contributed by atoms with Crippen molar-refractivity contribution in [1.82, 2.24) is 0 Å². The molecule has 0 unspecified atom stereocenters. The lowest BCUT2D eigenvalue weighted by Gasteiger charge is -2.71. The second-order valence-corrected chi connectivity index (χ2v) is 20.4. The van der Waals surface area contributed by atoms with Crippen molar-refractivity contribution in [2.75, 3.05) is 13.7 Å². The number of esters is 1. The number of aliphatic carboxylic acids is 1. The van der Waals surface area contributed by atoms with Crippen LogP contribution in [0.15, 0.2) is 11.6 Å². The lowest BCUT2D eigenvalue weighted by atomic mass is 9.33. The van der Waals surface area contributed by atoms with Crippen molar-refractivity contribution < 1.29 is 63.9 Å². The number of carbonyl (C=O) groups is 2. The van der Waals surface area contributed by atoms with Crippen LogP contribution in [-0.2, 0) is 33.3 Å². The summed E-state index contributed by atoms with van der Waals surface area (Å²) >= 11 is 0. The van der Waals surface area contributed by atoms with Gasteiger partial charge in [0.2, 0.25) is 0 Å². The van der Waals surface area contributed by atoms with Gasteiger partial charge in [0, 0.05) is 0 Å². The minimum atomic E-state index is -1.75. The Morgan fingerprint density at radius 1 is 0.782 bits per heavy atom. The number of carbonyl (C=O) groups excluding carboxylic acids is 1. The molecule has 2 saturated heterocycles. The fourth-order valence-corrected chi connectivity index (χ4v) is 13.5. The Morgan fingerprint density at radius 3 is 2.15 bits per heavy atom. The minimum Gasteiger partial charge on any atom is -0.481 e. The van der Waals surface area contributed by atoms with Gasteiger partial charge < -0.3 is 54.3 Å². The predicted octanol–water partition coefficient (Wildman–Crippen LogP) is 3.70. The summed E-state index contributed by atoms with van der Waals surface area (Å²) in [4.78, 5) is 25.8. The molecule has 0 spiro atoms. The van der Waals surface area contributed by atoms with Crippen LogP contribution in [0.1, 0.15) is 113 Å². The van der Waals surface area contributed by atoms with Crippen LogP contribution in [0.3, 0.4) is 0 Å². The average Bonchev–Trinajstić information content (AvgIpc) is 3.11. The molecule has 6 fully saturated rings. The van der Waals surface area contributed by atoms with Crippen LogP contribution in [0.2, 0.25) is 0 Å². The number of fused-ring (bicyclic) bond motifs is 7. The third kappa shape index (κ3) is 6.19. The number of aliphatic hydroxyl groups excluding tert-OH is 5. The molecule has 13 heteroatoms. The first-order chi connectivity index (χ1) is 25.6. The Bertz CT molecular complexity index is 1530. The molecular weight excluding hydrogens is 712 g/mol. The molecule has 312 valence electrons. The third-order valence-electron chi connectivity index (χ3n) is 17.0. The maximum Gasteiger partial charge on any atom is 0.337 e. The van der Waals surface area contributed by atoms with E-state index in [-0.39, 0.29) is 40.1 Å². The van der Waals surface area contributed by atoms with E-state index < -0.39 is 84.2 Å². The number of carboxylic acids is 1. The number of aliphatic hydroxyl groups is 5. The van der Waals surface area contributed by atoms with Gasteiger partial charge in [-0.3, -0.25) is 4.79 Å². The van der Waals surface area contributed by atoms with Crippen molar-refractivity contribution in [3.63, 3.8) is 0 Å². The molecule has 55 heavy (non-hydrogen) atoms. The highest BCUT2D eigenvalue weighted by atomic mass is 16.8. The van der Waals surface area contributed by atoms with Crippen LogP contribution in [0, 0.1) is 50.2 Å². The van der Waals surface area contributed by atoms with Crippen molar-refractivity contribution in [2.24, 2.45) is 50.2 Å². The quantitative estimate of drug-likeness (QED) is 0.130. The fourth-order valence-electron chi connectivity index (χ4n) is 13.5. The van der Waals surface area contributed by atoms with Gasteiger partial charge in [0.25, 0.3) is 0 Å². The van der Waals surface area contributed by atoms with Crippen LogP contribution in [0.4, 0.5) is 0 Å². The number of methoxy groups -OCH3 is 1. The second-order valence-electron chi connectivity index (χ2n) is 20.4. The van der Waals surface area contributed by atoms with Gasteiger partial charge in [-0.05, 0) is 109 Å². The molecule has 0 aromatic heterocycles. The highest BCUT2D eigenvalue weighted by molar-refractivity contribution is 5.77. The number of allylic oxidation sites excluding steroid dienone is 2. The van der Waals surface area contributed by atoms with Crippen molar-refractivity contribution in [1.29, 1.82) is 0 Å². The number of hydrogen-bond donors (Lipinski definition) is 6. The molecule has 6 N–H and O–H groups in total. The van der Waals surface area contributed by atoms with Crippen LogP contribution >= 0.6 is 0 Å². The van der Waals surface area contributed by atoms with Gasteiger partial charge >= 0.3 is 11.9 Å². The summed E-state index contributed by atoms with van der Waals surface area (Å²) in [6, 6.07) is 0. The molecule has 13 nitrogen and oxygen atoms in total. The first-order valence-corrected chi connectivity index (χ1v) is 20.6. The number of rotatable bonds is 6. The summed E-state index contributed by atoms with van der Waals surface area (Å²) in [5.74, 6) is -0.909. The highest BCUT2D eigenvalue weighted by Crippen LogP contribution is 2.76. The SMILES string of the molecule is COC(=O)[C@H]1O[C@@H](O[C@H]2CC[C@]3(C)[C@H]4CC=C5[C@@H]6CC(C)(C)CC[C@]6(C(=O)O)CC[C@@]5(C)[C@]4(C)CC[C@H]3C2(C)C)[C@H](O[C@@H]2OC[C@@H](O)[C@H](O)[C@H]2O)[C@@H](O)[C@@H]1O. The Hall–Kier alpha value is -1.68. The Labute approximate surface area is 325 Å². The fraction of sp³-hybridized carbons (Fsp3) is 0.905. The van der Waals surface area contributed by atoms with Crippen LogP contribution in [0.25, 0.3) is 0 Å². The molecule has 5 aliphatic carbocycles. The third-order valence-corrected chi connectivity index (χ3v) is 17.0. The summed E-state index contributed by atoms with van der Waals surface area (Å²) in [6.45, 7) is 16.0. The molecule has 4 saturated carbocycles. The van der Waals surface area contributed by atoms with E-state index in [1.54, 1.807) is 0 Å². The van der Waals surface area contributed by atoms with Gasteiger partial charge in [0.1, 0.15) is 36.6 Å². The van der Waals surface area contributed by atoms with E-state index in [1.165, 1.54) is 5.57 Å². The molecular formula is C42H66O13. The van der Waals surface area contributed by atoms with Crippen LogP contribution in [-0.4, -0.2) is 118 Å². The highest BCUT2D eigenvalue weighted by Gasteiger charge is 2.69. The van der Waals surface area contributed by atoms with E-state index >= 15 is 0 Å². The van der Waals surface area contributed by atoms with Gasteiger partial charge in [0.05, 0.1) is 25.2 Å². The van der Waals surface area contributed by atoms with Gasteiger partial charge in [-0.25, -0.2) is 4.79 Å². The molecule has 17 atom stereocenters. The van der Waals surface area contributed by atoms with Crippen molar-refractivity contribution in [3.05, 3.63) is 11.6 Å². The Kier molecular flexibility index (Phi) is 10.5. The number of hydrogen-bond acceptors (Lipinski definition) is 12. The maximum atomic E-state index is 13.1. The molecule has 2 aliphatic heterocycles. The Morgan fingerprint density at radius 2 is 1.47 bits per heavy atom. The van der Waals surface area contributed by atoms with Gasteiger partial charge in [0.15, 0.2) is 18.7 Å². The predicted molar refractivity (Wildman–Crippen MR) is 197 cm³/mol. The monoisotopic (exact) mass is 778 g/mol. The average molecular weight is 779 g/mol. The van der Waals surface area contributed by atoms with Crippen LogP contribution in [0.5, 0.6) is 0 Å². The van der Waals surface area contributed by atoms with Crippen molar-refractivity contribution in [3.8, 4) is 0 Å². The standard InChI is InChI=1S/C42H66O13/c1-37(2)15-17-42(36(49)50)18-16-40(6)21(22(42)19-37)9-10-25-39(5)13-12-26(38(3,4)24(39)11-14-41(25,40)7)53-35-32(29(46)28(45)31(54-35)33(48)51-8)55-34-30(47)27(44)23(43)20-52-34/h9,22-32,34-35,43-47H,10-20H2,1-8H3,(H,49,50)/t22-,23+,24-,25+,26-,27-,28-,29-,30+,31-,32+,34-,35+,39-,40+,41+,42-/m0/s1. The normalized spacial score (nSPS) is 51.7. The molecule has 0 aromatic carbocycles. The Balaban J connectivity index is 1.16. The smallest absolute Gasteiger partial charge is 0.337 e. The first-order valence-electron chi connectivity index (χ1n) is 20.6. The van der Waals surface area contributed by atoms with Crippen LogP contribution < -0.4 is 0 Å². The maximum absolute atomic E-state index is 13.1. The summed E-state index contributed by atoms with van der Waals surface area (Å²) in [5.41, 5.74) is 0.153. The molecule has 7 rings (SSSR count). The van der Waals surface area contributed by atoms with E-state index in [2.05, 4.69) is 54.5 Å². The summed E-state index contributed by atoms with van der Waals surface area (Å²) in [6.07, 6.45) is -3.43. The van der Waals surface area contributed by atoms with Gasteiger partial charge in [-0.2, -0.15) is 0 Å². The van der Waals surface area contributed by atoms with E-state index in [0.717, 1.165) is 58.5 Å². The minimum absolute atomic E-state index is 0.0310. The topological polar surface area (TPSA) is 202 Å². The molecule has 2 heterocycles. The summed E-state index contributed by atoms with van der Waals surface area (Å²) < 4.78 is 29.1. The first kappa shape index (κ1) is 41.5. The van der Waals surface area contributed by atoms with Crippen molar-refractivity contribution >= 4 is 11.9 Å². The van der Waals surface area contributed by atoms with E-state index in [0.29, 0.717) is 18.8 Å². The largest absolute Gasteiger partial charge is 0.481 e. The van der Waals surface area contributed by atoms with E-state index in [9.17, 15) is 40.2 Å². The zero-order chi connectivity index (χ0) is 40.3. The summed E-state index contributed by atoms with van der Waals surface area (Å²) in [5, 5.41) is 63.9. The van der Waals surface area contributed by atoms with Gasteiger partial charge in [-0.15, -0.1) is 0 Å².